The molecule has 0 bridgehead atoms. The van der Waals surface area contributed by atoms with Crippen molar-refractivity contribution in [2.45, 2.75) is 20.4 Å². The van der Waals surface area contributed by atoms with Crippen LogP contribution in [0.1, 0.15) is 16.8 Å². The minimum Gasteiger partial charge on any atom is -0.398 e. The molecule has 106 valence electrons. The fourth-order valence-electron chi connectivity index (χ4n) is 2.52. The highest BCUT2D eigenvalue weighted by Crippen LogP contribution is 2.28. The maximum atomic E-state index is 6.04. The molecule has 0 unspecified atom stereocenters. The number of nitrogens with two attached hydrogens (primary N) is 1. The zero-order valence-corrected chi connectivity index (χ0v) is 12.4. The fourth-order valence-corrected chi connectivity index (χ4v) is 2.52. The summed E-state index contributed by atoms with van der Waals surface area (Å²) in [6.07, 6.45) is 1.85. The second kappa shape index (κ2) is 5.44. The summed E-state index contributed by atoms with van der Waals surface area (Å²) in [4.78, 5) is 4.33. The second-order valence-electron chi connectivity index (χ2n) is 5.35. The van der Waals surface area contributed by atoms with E-state index < -0.39 is 0 Å². The van der Waals surface area contributed by atoms with Gasteiger partial charge in [0.1, 0.15) is 0 Å². The van der Waals surface area contributed by atoms with E-state index in [0.29, 0.717) is 0 Å². The summed E-state index contributed by atoms with van der Waals surface area (Å²) < 4.78 is 0. The predicted octanol–water partition coefficient (Wildman–Crippen LogP) is 4.05. The largest absolute Gasteiger partial charge is 0.398 e. The minimum atomic E-state index is 0.763. The van der Waals surface area contributed by atoms with Gasteiger partial charge in [0.05, 0.1) is 0 Å². The molecule has 3 rings (SSSR count). The third-order valence-electron chi connectivity index (χ3n) is 3.80. The average Bonchev–Trinajstić information content (AvgIpc) is 2.48. The molecule has 0 aliphatic heterocycles. The molecular weight excluding hydrogens is 258 g/mol. The van der Waals surface area contributed by atoms with Crippen molar-refractivity contribution in [2.24, 2.45) is 0 Å². The summed E-state index contributed by atoms with van der Waals surface area (Å²) in [6, 6.07) is 14.5. The van der Waals surface area contributed by atoms with Gasteiger partial charge in [0.25, 0.3) is 0 Å². The highest BCUT2D eigenvalue weighted by atomic mass is 14.9. The monoisotopic (exact) mass is 277 g/mol. The van der Waals surface area contributed by atoms with Crippen LogP contribution >= 0.6 is 0 Å². The van der Waals surface area contributed by atoms with Gasteiger partial charge in [-0.15, -0.1) is 0 Å². The molecule has 0 amide bonds. The standard InChI is InChI=1S/C18H19N3/c1-12-5-3-4-6-14(12)10-21-18-8-7-17(19)16-11-20-13(2)9-15(16)18/h3-9,11,21H,10,19H2,1-2H3. The van der Waals surface area contributed by atoms with E-state index >= 15 is 0 Å². The van der Waals surface area contributed by atoms with Gasteiger partial charge >= 0.3 is 0 Å². The topological polar surface area (TPSA) is 50.9 Å². The van der Waals surface area contributed by atoms with Crippen LogP contribution in [0, 0.1) is 13.8 Å². The Morgan fingerprint density at radius 1 is 1.05 bits per heavy atom. The molecule has 1 heterocycles. The number of aryl methyl sites for hydroxylation is 2. The Morgan fingerprint density at radius 3 is 2.67 bits per heavy atom. The highest BCUT2D eigenvalue weighted by Gasteiger charge is 2.06. The lowest BCUT2D eigenvalue weighted by atomic mass is 10.1. The number of hydrogen-bond donors (Lipinski definition) is 2. The summed E-state index contributed by atoms with van der Waals surface area (Å²) in [5.41, 5.74) is 11.5. The van der Waals surface area contributed by atoms with Crippen LogP contribution in [-0.2, 0) is 6.54 Å². The van der Waals surface area contributed by atoms with Gasteiger partial charge < -0.3 is 11.1 Å². The maximum Gasteiger partial charge on any atom is 0.0425 e. The van der Waals surface area contributed by atoms with Crippen LogP contribution < -0.4 is 11.1 Å². The van der Waals surface area contributed by atoms with E-state index in [1.807, 2.05) is 25.3 Å². The van der Waals surface area contributed by atoms with Crippen LogP contribution in [0.15, 0.2) is 48.7 Å². The van der Waals surface area contributed by atoms with E-state index in [1.165, 1.54) is 11.1 Å². The van der Waals surface area contributed by atoms with E-state index in [1.54, 1.807) is 0 Å². The second-order valence-corrected chi connectivity index (χ2v) is 5.35. The predicted molar refractivity (Wildman–Crippen MR) is 89.4 cm³/mol. The van der Waals surface area contributed by atoms with E-state index in [4.69, 9.17) is 5.73 Å². The van der Waals surface area contributed by atoms with Crippen molar-refractivity contribution in [3.05, 3.63) is 65.5 Å². The van der Waals surface area contributed by atoms with Gasteiger partial charge in [-0.2, -0.15) is 0 Å². The number of pyridine rings is 1. The molecule has 2 aromatic carbocycles. The fraction of sp³-hybridized carbons (Fsp3) is 0.167. The number of rotatable bonds is 3. The quantitative estimate of drug-likeness (QED) is 0.710. The van der Waals surface area contributed by atoms with Crippen molar-refractivity contribution in [2.75, 3.05) is 11.1 Å². The maximum absolute atomic E-state index is 6.04. The third kappa shape index (κ3) is 2.68. The van der Waals surface area contributed by atoms with Crippen LogP contribution in [0.25, 0.3) is 10.8 Å². The van der Waals surface area contributed by atoms with Crippen molar-refractivity contribution < 1.29 is 0 Å². The normalized spacial score (nSPS) is 10.8. The van der Waals surface area contributed by atoms with Crippen molar-refractivity contribution in [3.8, 4) is 0 Å². The summed E-state index contributed by atoms with van der Waals surface area (Å²) in [7, 11) is 0. The molecule has 0 saturated heterocycles. The molecule has 1 aromatic heterocycles. The first-order valence-electron chi connectivity index (χ1n) is 7.08. The molecule has 3 N–H and O–H groups in total. The Kier molecular flexibility index (Phi) is 3.48. The lowest BCUT2D eigenvalue weighted by molar-refractivity contribution is 1.12. The highest BCUT2D eigenvalue weighted by molar-refractivity contribution is 6.00. The minimum absolute atomic E-state index is 0.763. The number of nitrogens with one attached hydrogen (secondary N) is 1. The van der Waals surface area contributed by atoms with Gasteiger partial charge in [-0.1, -0.05) is 24.3 Å². The van der Waals surface area contributed by atoms with E-state index in [0.717, 1.165) is 34.4 Å². The Balaban J connectivity index is 1.96. The number of nitrogen functional groups attached to an aromatic ring is 1. The zero-order chi connectivity index (χ0) is 14.8. The van der Waals surface area contributed by atoms with Crippen molar-refractivity contribution >= 4 is 22.1 Å². The first kappa shape index (κ1) is 13.4. The average molecular weight is 277 g/mol. The molecule has 0 atom stereocenters. The first-order valence-corrected chi connectivity index (χ1v) is 7.08. The van der Waals surface area contributed by atoms with Crippen LogP contribution in [0.4, 0.5) is 11.4 Å². The number of nitrogens with zero attached hydrogens (tertiary/aromatic N) is 1. The van der Waals surface area contributed by atoms with Crippen LogP contribution in [0.3, 0.4) is 0 Å². The van der Waals surface area contributed by atoms with Crippen molar-refractivity contribution in [3.63, 3.8) is 0 Å². The zero-order valence-electron chi connectivity index (χ0n) is 12.4. The molecule has 0 radical (unpaired) electrons. The van der Waals surface area contributed by atoms with Crippen LogP contribution in [0.2, 0.25) is 0 Å². The molecule has 0 spiro atoms. The SMILES string of the molecule is Cc1cc2c(NCc3ccccc3C)ccc(N)c2cn1. The summed E-state index contributed by atoms with van der Waals surface area (Å²) in [5.74, 6) is 0. The Labute approximate surface area is 124 Å². The number of hydrogen-bond acceptors (Lipinski definition) is 3. The van der Waals surface area contributed by atoms with Crippen LogP contribution in [-0.4, -0.2) is 4.98 Å². The molecular formula is C18H19N3. The summed E-state index contributed by atoms with van der Waals surface area (Å²) >= 11 is 0. The molecule has 0 aliphatic rings. The van der Waals surface area contributed by atoms with Gasteiger partial charge in [-0.25, -0.2) is 0 Å². The van der Waals surface area contributed by atoms with Crippen molar-refractivity contribution in [1.82, 2.24) is 4.98 Å². The van der Waals surface area contributed by atoms with Gasteiger partial charge in [0, 0.05) is 40.6 Å². The number of aromatic nitrogens is 1. The molecule has 3 nitrogen and oxygen atoms in total. The summed E-state index contributed by atoms with van der Waals surface area (Å²) in [6.45, 7) is 4.92. The smallest absolute Gasteiger partial charge is 0.0425 e. The lowest BCUT2D eigenvalue weighted by Crippen LogP contribution is -2.02. The Morgan fingerprint density at radius 2 is 1.86 bits per heavy atom. The molecule has 0 aliphatic carbocycles. The molecule has 0 saturated carbocycles. The first-order chi connectivity index (χ1) is 10.1. The van der Waals surface area contributed by atoms with Crippen molar-refractivity contribution in [1.29, 1.82) is 0 Å². The molecule has 21 heavy (non-hydrogen) atoms. The third-order valence-corrected chi connectivity index (χ3v) is 3.80. The van der Waals surface area contributed by atoms with Gasteiger partial charge in [0.15, 0.2) is 0 Å². The van der Waals surface area contributed by atoms with Gasteiger partial charge in [-0.3, -0.25) is 4.98 Å². The Hall–Kier alpha value is -2.55. The summed E-state index contributed by atoms with van der Waals surface area (Å²) in [5, 5.41) is 5.63. The Bertz CT molecular complexity index is 794. The van der Waals surface area contributed by atoms with E-state index in [-0.39, 0.29) is 0 Å². The number of anilines is 2. The van der Waals surface area contributed by atoms with E-state index in [9.17, 15) is 0 Å². The molecule has 3 aromatic rings. The van der Waals surface area contributed by atoms with Gasteiger partial charge in [-0.05, 0) is 43.2 Å². The van der Waals surface area contributed by atoms with Crippen LogP contribution in [0.5, 0.6) is 0 Å². The number of fused-ring (bicyclic) bond motifs is 1. The van der Waals surface area contributed by atoms with Gasteiger partial charge in [0.2, 0.25) is 0 Å². The van der Waals surface area contributed by atoms with E-state index in [2.05, 4.69) is 47.6 Å². The number of benzene rings is 2. The molecule has 0 fully saturated rings. The lowest BCUT2D eigenvalue weighted by Gasteiger charge is -2.13. The molecule has 3 heteroatoms.